The predicted octanol–water partition coefficient (Wildman–Crippen LogP) is 5.39. The largest absolute Gasteiger partial charge is 0.466 e. The van der Waals surface area contributed by atoms with Gasteiger partial charge in [-0.3, -0.25) is 9.59 Å². The average Bonchev–Trinajstić information content (AvgIpc) is 3.44. The summed E-state index contributed by atoms with van der Waals surface area (Å²) in [6, 6.07) is 19.8. The molecule has 2 aromatic carbocycles. The third-order valence-electron chi connectivity index (χ3n) is 5.35. The smallest absolute Gasteiger partial charge is 0.311 e. The summed E-state index contributed by atoms with van der Waals surface area (Å²) in [5, 5.41) is 4.19. The predicted molar refractivity (Wildman–Crippen MR) is 128 cm³/mol. The topological polar surface area (TPSA) is 74.3 Å². The molecule has 32 heavy (non-hydrogen) atoms. The maximum Gasteiger partial charge on any atom is 0.311 e. The molecular weight excluding hydrogens is 420 g/mol. The Hall–Kier alpha value is -3.64. The van der Waals surface area contributed by atoms with E-state index in [0.717, 1.165) is 33.8 Å². The standard InChI is InChI=1S/C26H24N2O3S/c1-3-31-25(29)15-22-9-11-24(19-6-4-18(5-7-19)21-12-13-32-16-21)28(22)23-10-8-20(26(27)30)14-17(23)2/h4-14,16H,3,15H2,1-2H3,(H2,27,30). The number of carbonyl (C=O) groups is 2. The van der Waals surface area contributed by atoms with E-state index < -0.39 is 5.91 Å². The molecule has 4 aromatic rings. The minimum atomic E-state index is -0.469. The van der Waals surface area contributed by atoms with Crippen LogP contribution in [0.2, 0.25) is 0 Å². The van der Waals surface area contributed by atoms with Crippen molar-refractivity contribution in [2.75, 3.05) is 6.61 Å². The molecule has 0 aliphatic heterocycles. The van der Waals surface area contributed by atoms with Crippen LogP contribution in [0.5, 0.6) is 0 Å². The Bertz CT molecular complexity index is 1250. The molecular formula is C26H24N2O3S. The summed E-state index contributed by atoms with van der Waals surface area (Å²) in [6.07, 6.45) is 0.151. The van der Waals surface area contributed by atoms with Crippen LogP contribution in [-0.4, -0.2) is 23.1 Å². The van der Waals surface area contributed by atoms with E-state index in [9.17, 15) is 9.59 Å². The zero-order chi connectivity index (χ0) is 22.7. The minimum absolute atomic E-state index is 0.151. The molecule has 0 spiro atoms. The molecule has 0 aliphatic rings. The van der Waals surface area contributed by atoms with Crippen molar-refractivity contribution in [3.8, 4) is 28.1 Å². The molecule has 2 heterocycles. The van der Waals surface area contributed by atoms with Crippen molar-refractivity contribution >= 4 is 23.2 Å². The van der Waals surface area contributed by atoms with Crippen LogP contribution in [0.15, 0.2) is 71.4 Å². The first kappa shape index (κ1) is 21.6. The van der Waals surface area contributed by atoms with Crippen molar-refractivity contribution in [2.24, 2.45) is 5.73 Å². The van der Waals surface area contributed by atoms with Crippen molar-refractivity contribution in [2.45, 2.75) is 20.3 Å². The van der Waals surface area contributed by atoms with Crippen LogP contribution >= 0.6 is 11.3 Å². The van der Waals surface area contributed by atoms with Crippen molar-refractivity contribution < 1.29 is 14.3 Å². The molecule has 0 bridgehead atoms. The van der Waals surface area contributed by atoms with E-state index in [4.69, 9.17) is 10.5 Å². The molecule has 1 amide bonds. The fourth-order valence-electron chi connectivity index (χ4n) is 3.81. The number of aromatic nitrogens is 1. The second kappa shape index (κ2) is 9.24. The van der Waals surface area contributed by atoms with E-state index in [1.807, 2.05) is 25.1 Å². The van der Waals surface area contributed by atoms with Gasteiger partial charge in [-0.25, -0.2) is 0 Å². The highest BCUT2D eigenvalue weighted by molar-refractivity contribution is 7.08. The lowest BCUT2D eigenvalue weighted by Crippen LogP contribution is -2.14. The lowest BCUT2D eigenvalue weighted by Gasteiger charge is -2.17. The van der Waals surface area contributed by atoms with Gasteiger partial charge in [0.15, 0.2) is 0 Å². The summed E-state index contributed by atoms with van der Waals surface area (Å²) in [5.74, 6) is -0.749. The second-order valence-electron chi connectivity index (χ2n) is 7.48. The van der Waals surface area contributed by atoms with Gasteiger partial charge in [0.2, 0.25) is 5.91 Å². The summed E-state index contributed by atoms with van der Waals surface area (Å²) < 4.78 is 7.23. The molecule has 0 unspecified atom stereocenters. The number of carbonyl (C=O) groups excluding carboxylic acids is 2. The molecule has 0 aliphatic carbocycles. The number of esters is 1. The Kier molecular flexibility index (Phi) is 6.23. The lowest BCUT2D eigenvalue weighted by atomic mass is 10.0. The van der Waals surface area contributed by atoms with Gasteiger partial charge in [-0.15, -0.1) is 0 Å². The molecule has 6 heteroatoms. The SMILES string of the molecule is CCOC(=O)Cc1ccc(-c2ccc(-c3ccsc3)cc2)n1-c1ccc(C(N)=O)cc1C. The Balaban J connectivity index is 1.80. The van der Waals surface area contributed by atoms with Gasteiger partial charge in [0.1, 0.15) is 0 Å². The van der Waals surface area contributed by atoms with Crippen molar-refractivity contribution in [3.63, 3.8) is 0 Å². The van der Waals surface area contributed by atoms with E-state index in [1.54, 1.807) is 30.4 Å². The molecule has 162 valence electrons. The van der Waals surface area contributed by atoms with E-state index in [1.165, 1.54) is 5.56 Å². The summed E-state index contributed by atoms with van der Waals surface area (Å²) >= 11 is 1.67. The first-order valence-corrected chi connectivity index (χ1v) is 11.3. The van der Waals surface area contributed by atoms with Crippen LogP contribution in [-0.2, 0) is 16.0 Å². The van der Waals surface area contributed by atoms with E-state index in [2.05, 4.69) is 45.7 Å². The minimum Gasteiger partial charge on any atom is -0.466 e. The van der Waals surface area contributed by atoms with E-state index in [-0.39, 0.29) is 12.4 Å². The fraction of sp³-hybridized carbons (Fsp3) is 0.154. The Morgan fingerprint density at radius 2 is 1.72 bits per heavy atom. The van der Waals surface area contributed by atoms with Gasteiger partial charge in [0, 0.05) is 16.9 Å². The third kappa shape index (κ3) is 4.36. The van der Waals surface area contributed by atoms with Gasteiger partial charge < -0.3 is 15.0 Å². The number of primary amides is 1. The monoisotopic (exact) mass is 444 g/mol. The number of rotatable bonds is 7. The van der Waals surface area contributed by atoms with E-state index >= 15 is 0 Å². The first-order valence-electron chi connectivity index (χ1n) is 10.4. The van der Waals surface area contributed by atoms with Crippen molar-refractivity contribution in [1.82, 2.24) is 4.57 Å². The molecule has 2 N–H and O–H groups in total. The number of benzene rings is 2. The zero-order valence-corrected chi connectivity index (χ0v) is 18.8. The highest BCUT2D eigenvalue weighted by Crippen LogP contribution is 2.31. The Morgan fingerprint density at radius 1 is 0.969 bits per heavy atom. The second-order valence-corrected chi connectivity index (χ2v) is 8.26. The van der Waals surface area contributed by atoms with Crippen LogP contribution < -0.4 is 5.73 Å². The lowest BCUT2D eigenvalue weighted by molar-refractivity contribution is -0.142. The van der Waals surface area contributed by atoms with Gasteiger partial charge in [0.05, 0.1) is 18.7 Å². The maximum atomic E-state index is 12.3. The van der Waals surface area contributed by atoms with Gasteiger partial charge in [-0.1, -0.05) is 24.3 Å². The van der Waals surface area contributed by atoms with Crippen LogP contribution in [0.4, 0.5) is 0 Å². The molecule has 0 fully saturated rings. The number of nitrogens with two attached hydrogens (primary N) is 1. The zero-order valence-electron chi connectivity index (χ0n) is 18.0. The number of amides is 1. The van der Waals surface area contributed by atoms with E-state index in [0.29, 0.717) is 12.2 Å². The number of hydrogen-bond donors (Lipinski definition) is 1. The quantitative estimate of drug-likeness (QED) is 0.389. The number of aryl methyl sites for hydroxylation is 1. The molecule has 4 rings (SSSR count). The normalized spacial score (nSPS) is 10.8. The average molecular weight is 445 g/mol. The summed E-state index contributed by atoms with van der Waals surface area (Å²) in [7, 11) is 0. The van der Waals surface area contributed by atoms with Crippen LogP contribution in [0.1, 0.15) is 28.5 Å². The Morgan fingerprint density at radius 3 is 2.34 bits per heavy atom. The fourth-order valence-corrected chi connectivity index (χ4v) is 4.47. The molecule has 0 saturated heterocycles. The number of nitrogens with zero attached hydrogens (tertiary/aromatic N) is 1. The van der Waals surface area contributed by atoms with Crippen molar-refractivity contribution in [1.29, 1.82) is 0 Å². The molecule has 5 nitrogen and oxygen atoms in total. The third-order valence-corrected chi connectivity index (χ3v) is 6.03. The van der Waals surface area contributed by atoms with Gasteiger partial charge >= 0.3 is 5.97 Å². The van der Waals surface area contributed by atoms with Crippen LogP contribution in [0, 0.1) is 6.92 Å². The van der Waals surface area contributed by atoms with Crippen LogP contribution in [0.25, 0.3) is 28.1 Å². The highest BCUT2D eigenvalue weighted by atomic mass is 32.1. The maximum absolute atomic E-state index is 12.3. The summed E-state index contributed by atoms with van der Waals surface area (Å²) in [6.45, 7) is 4.06. The van der Waals surface area contributed by atoms with Gasteiger partial charge in [-0.2, -0.15) is 11.3 Å². The molecule has 2 aromatic heterocycles. The number of ether oxygens (including phenoxy) is 1. The van der Waals surface area contributed by atoms with Gasteiger partial charge in [0.25, 0.3) is 0 Å². The highest BCUT2D eigenvalue weighted by Gasteiger charge is 2.17. The van der Waals surface area contributed by atoms with Crippen LogP contribution in [0.3, 0.4) is 0 Å². The Labute approximate surface area is 191 Å². The molecule has 0 radical (unpaired) electrons. The summed E-state index contributed by atoms with van der Waals surface area (Å²) in [4.78, 5) is 23.9. The number of thiophene rings is 1. The molecule has 0 atom stereocenters. The number of hydrogen-bond acceptors (Lipinski definition) is 4. The van der Waals surface area contributed by atoms with Gasteiger partial charge in [-0.05, 0) is 83.3 Å². The van der Waals surface area contributed by atoms with Crippen molar-refractivity contribution in [3.05, 3.63) is 88.2 Å². The molecule has 0 saturated carbocycles. The summed E-state index contributed by atoms with van der Waals surface area (Å²) in [5.41, 5.74) is 12.8. The first-order chi connectivity index (χ1) is 15.5.